The highest BCUT2D eigenvalue weighted by Crippen LogP contribution is 2.34. The van der Waals surface area contributed by atoms with Gasteiger partial charge in [-0.05, 0) is 78.6 Å². The number of halogens is 1. The van der Waals surface area contributed by atoms with Crippen LogP contribution in [0.3, 0.4) is 0 Å². The van der Waals surface area contributed by atoms with E-state index in [1.54, 1.807) is 12.1 Å². The average molecular weight is 423 g/mol. The van der Waals surface area contributed by atoms with Gasteiger partial charge < -0.3 is 10.3 Å². The average Bonchev–Trinajstić information content (AvgIpc) is 3.42. The smallest absolute Gasteiger partial charge is 0.135 e. The number of benzene rings is 2. The molecule has 0 saturated heterocycles. The molecule has 0 radical (unpaired) electrons. The van der Waals surface area contributed by atoms with E-state index in [1.165, 1.54) is 5.57 Å². The van der Waals surface area contributed by atoms with Crippen molar-refractivity contribution in [3.63, 3.8) is 0 Å². The van der Waals surface area contributed by atoms with Crippen LogP contribution in [0.4, 0.5) is 4.39 Å². The Morgan fingerprint density at radius 3 is 2.78 bits per heavy atom. The van der Waals surface area contributed by atoms with Gasteiger partial charge in [0.05, 0.1) is 16.9 Å². The molecule has 0 spiro atoms. The van der Waals surface area contributed by atoms with Crippen molar-refractivity contribution in [1.82, 2.24) is 25.5 Å². The summed E-state index contributed by atoms with van der Waals surface area (Å²) in [5.41, 5.74) is 9.40. The first kappa shape index (κ1) is 19.0. The van der Waals surface area contributed by atoms with E-state index in [0.29, 0.717) is 0 Å². The zero-order valence-corrected chi connectivity index (χ0v) is 17.7. The molecule has 0 amide bonds. The molecule has 6 rings (SSSR count). The number of H-pyrrole nitrogens is 2. The van der Waals surface area contributed by atoms with Crippen molar-refractivity contribution < 1.29 is 4.39 Å². The van der Waals surface area contributed by atoms with Gasteiger partial charge in [0.15, 0.2) is 0 Å². The number of hydrogen-bond donors (Lipinski definition) is 3. The number of rotatable bonds is 3. The van der Waals surface area contributed by atoms with Gasteiger partial charge in [0.1, 0.15) is 17.0 Å². The van der Waals surface area contributed by atoms with Crippen LogP contribution in [-0.4, -0.2) is 33.3 Å². The fourth-order valence-electron chi connectivity index (χ4n) is 4.55. The third kappa shape index (κ3) is 3.20. The summed E-state index contributed by atoms with van der Waals surface area (Å²) < 4.78 is 14.1. The molecule has 0 bridgehead atoms. The summed E-state index contributed by atoms with van der Waals surface area (Å²) in [6, 6.07) is 17.4. The van der Waals surface area contributed by atoms with Crippen molar-refractivity contribution in [3.8, 4) is 22.5 Å². The van der Waals surface area contributed by atoms with Crippen LogP contribution in [0.1, 0.15) is 17.7 Å². The standard InChI is InChI=1S/C26H22FN5/c1-15-11-17(13-18(27)12-15)19-3-2-4-22-20(19)14-24(29-22)26-25-23(31-32-26)6-5-21(30-25)16-7-9-28-10-8-16/h2-7,11-14,28-29H,8-10H2,1H3,(H,31,32). The van der Waals surface area contributed by atoms with Gasteiger partial charge in [-0.15, -0.1) is 0 Å². The van der Waals surface area contributed by atoms with E-state index in [-0.39, 0.29) is 5.82 Å². The number of pyridine rings is 1. The molecular weight excluding hydrogens is 401 g/mol. The predicted octanol–water partition coefficient (Wildman–Crippen LogP) is 5.60. The number of nitrogens with zero attached hydrogens (tertiary/aromatic N) is 2. The first-order chi connectivity index (χ1) is 15.7. The molecule has 1 aliphatic rings. The molecule has 6 heteroatoms. The minimum Gasteiger partial charge on any atom is -0.353 e. The first-order valence-electron chi connectivity index (χ1n) is 10.8. The fraction of sp³-hybridized carbons (Fsp3) is 0.154. The van der Waals surface area contributed by atoms with Gasteiger partial charge in [-0.3, -0.25) is 5.10 Å². The lowest BCUT2D eigenvalue weighted by molar-refractivity contribution is 0.627. The van der Waals surface area contributed by atoms with Crippen LogP contribution >= 0.6 is 0 Å². The second-order valence-electron chi connectivity index (χ2n) is 8.32. The Kier molecular flexibility index (Phi) is 4.40. The minimum atomic E-state index is -0.227. The normalized spacial score (nSPS) is 14.2. The van der Waals surface area contributed by atoms with Crippen LogP contribution in [0, 0.1) is 12.7 Å². The van der Waals surface area contributed by atoms with Crippen LogP contribution in [0.2, 0.25) is 0 Å². The maximum absolute atomic E-state index is 14.1. The molecule has 0 atom stereocenters. The molecule has 158 valence electrons. The molecule has 1 aliphatic heterocycles. The summed E-state index contributed by atoms with van der Waals surface area (Å²) in [7, 11) is 0. The SMILES string of the molecule is Cc1cc(F)cc(-c2cccc3[nH]c(-c4n[nH]c5ccc(C6=CCNCC6)nc45)cc23)c1. The summed E-state index contributed by atoms with van der Waals surface area (Å²) in [6.07, 6.45) is 3.17. The van der Waals surface area contributed by atoms with E-state index in [9.17, 15) is 4.39 Å². The summed E-state index contributed by atoms with van der Waals surface area (Å²) in [5, 5.41) is 12.0. The number of aryl methyl sites for hydroxylation is 1. The summed E-state index contributed by atoms with van der Waals surface area (Å²) >= 11 is 0. The van der Waals surface area contributed by atoms with Gasteiger partial charge in [-0.25, -0.2) is 9.37 Å². The highest BCUT2D eigenvalue weighted by Gasteiger charge is 2.16. The monoisotopic (exact) mass is 423 g/mol. The zero-order valence-electron chi connectivity index (χ0n) is 17.7. The van der Waals surface area contributed by atoms with E-state index in [4.69, 9.17) is 4.98 Å². The van der Waals surface area contributed by atoms with Gasteiger partial charge >= 0.3 is 0 Å². The lowest BCUT2D eigenvalue weighted by Gasteiger charge is -2.13. The third-order valence-corrected chi connectivity index (χ3v) is 6.07. The van der Waals surface area contributed by atoms with Gasteiger partial charge in [0.2, 0.25) is 0 Å². The molecule has 0 fully saturated rings. The first-order valence-corrected chi connectivity index (χ1v) is 10.8. The number of fused-ring (bicyclic) bond motifs is 2. The third-order valence-electron chi connectivity index (χ3n) is 6.07. The molecule has 0 unspecified atom stereocenters. The van der Waals surface area contributed by atoms with Crippen LogP contribution < -0.4 is 5.32 Å². The molecule has 0 aliphatic carbocycles. The Bertz CT molecular complexity index is 1490. The Balaban J connectivity index is 1.49. The van der Waals surface area contributed by atoms with Crippen LogP contribution in [0.5, 0.6) is 0 Å². The van der Waals surface area contributed by atoms with Crippen molar-refractivity contribution in [3.05, 3.63) is 77.7 Å². The molecule has 32 heavy (non-hydrogen) atoms. The van der Waals surface area contributed by atoms with Crippen molar-refractivity contribution >= 4 is 27.5 Å². The van der Waals surface area contributed by atoms with Crippen LogP contribution in [0.25, 0.3) is 50.0 Å². The summed E-state index contributed by atoms with van der Waals surface area (Å²) in [5.74, 6) is -0.227. The highest BCUT2D eigenvalue weighted by atomic mass is 19.1. The van der Waals surface area contributed by atoms with Crippen molar-refractivity contribution in [2.75, 3.05) is 13.1 Å². The molecule has 0 saturated carbocycles. The van der Waals surface area contributed by atoms with Gasteiger partial charge in [0, 0.05) is 17.4 Å². The second-order valence-corrected chi connectivity index (χ2v) is 8.32. The highest BCUT2D eigenvalue weighted by molar-refractivity contribution is 6.00. The second kappa shape index (κ2) is 7.43. The fourth-order valence-corrected chi connectivity index (χ4v) is 4.55. The van der Waals surface area contributed by atoms with Crippen LogP contribution in [-0.2, 0) is 0 Å². The zero-order chi connectivity index (χ0) is 21.7. The molecule has 3 N–H and O–H groups in total. The number of aromatic amines is 2. The molecule has 5 nitrogen and oxygen atoms in total. The van der Waals surface area contributed by atoms with E-state index >= 15 is 0 Å². The maximum Gasteiger partial charge on any atom is 0.135 e. The number of aromatic nitrogens is 4. The maximum atomic E-state index is 14.1. The van der Waals surface area contributed by atoms with E-state index in [0.717, 1.165) is 75.2 Å². The van der Waals surface area contributed by atoms with E-state index in [2.05, 4.69) is 38.7 Å². The lowest BCUT2D eigenvalue weighted by atomic mass is 10.00. The summed E-state index contributed by atoms with van der Waals surface area (Å²) in [6.45, 7) is 3.75. The van der Waals surface area contributed by atoms with Crippen LogP contribution in [0.15, 0.2) is 60.7 Å². The van der Waals surface area contributed by atoms with Gasteiger partial charge in [-0.1, -0.05) is 24.3 Å². The number of hydrogen-bond acceptors (Lipinski definition) is 3. The Morgan fingerprint density at radius 2 is 1.94 bits per heavy atom. The molecule has 2 aromatic carbocycles. The predicted molar refractivity (Wildman–Crippen MR) is 127 cm³/mol. The largest absolute Gasteiger partial charge is 0.353 e. The summed E-state index contributed by atoms with van der Waals surface area (Å²) in [4.78, 5) is 8.44. The van der Waals surface area contributed by atoms with Crippen molar-refractivity contribution in [2.24, 2.45) is 0 Å². The Hall–Kier alpha value is -3.77. The topological polar surface area (TPSA) is 69.4 Å². The van der Waals surface area contributed by atoms with E-state index in [1.807, 2.05) is 37.3 Å². The lowest BCUT2D eigenvalue weighted by Crippen LogP contribution is -2.20. The quantitative estimate of drug-likeness (QED) is 0.354. The minimum absolute atomic E-state index is 0.227. The van der Waals surface area contributed by atoms with Crippen molar-refractivity contribution in [1.29, 1.82) is 0 Å². The van der Waals surface area contributed by atoms with Crippen molar-refractivity contribution in [2.45, 2.75) is 13.3 Å². The van der Waals surface area contributed by atoms with Gasteiger partial charge in [0.25, 0.3) is 0 Å². The molecule has 3 aromatic heterocycles. The van der Waals surface area contributed by atoms with Gasteiger partial charge in [-0.2, -0.15) is 5.10 Å². The molecule has 5 aromatic rings. The number of nitrogens with one attached hydrogen (secondary N) is 3. The van der Waals surface area contributed by atoms with E-state index < -0.39 is 0 Å². The molecule has 4 heterocycles. The Morgan fingerprint density at radius 1 is 1.00 bits per heavy atom. The molecular formula is C26H22FN5. The Labute approximate surface area is 184 Å².